The number of amides is 1. The molecule has 198 valence electrons. The van der Waals surface area contributed by atoms with Crippen LogP contribution in [0.2, 0.25) is 0 Å². The number of rotatable bonds is 7. The highest BCUT2D eigenvalue weighted by Crippen LogP contribution is 2.48. The zero-order chi connectivity index (χ0) is 27.4. The number of carboxylic acid groups (broad SMARTS) is 1. The molecule has 7 nitrogen and oxygen atoms in total. The van der Waals surface area contributed by atoms with Crippen LogP contribution in [0.1, 0.15) is 58.1 Å². The molecule has 0 bridgehead atoms. The van der Waals surface area contributed by atoms with E-state index in [9.17, 15) is 26.4 Å². The molecular weight excluding hydrogens is 497 g/mol. The SMILES string of the molecule is CCCNC(=O)C1(c2ccc(NS(=O)(=O)c3ccc(C(C)(C)C)cc3)cc2)CC1.O=C(O)C(F)(F)F. The predicted octanol–water partition coefficient (Wildman–Crippen LogP) is 4.98. The first-order valence-electron chi connectivity index (χ1n) is 11.4. The van der Waals surface area contributed by atoms with E-state index >= 15 is 0 Å². The van der Waals surface area contributed by atoms with Crippen LogP contribution in [-0.4, -0.2) is 38.1 Å². The largest absolute Gasteiger partial charge is 0.490 e. The Morgan fingerprint density at radius 2 is 1.47 bits per heavy atom. The average molecular weight is 529 g/mol. The van der Waals surface area contributed by atoms with Gasteiger partial charge in [-0.2, -0.15) is 13.2 Å². The molecule has 1 amide bonds. The van der Waals surface area contributed by atoms with Crippen LogP contribution in [0.15, 0.2) is 53.4 Å². The molecule has 0 heterocycles. The second-order valence-corrected chi connectivity index (χ2v) is 11.3. The van der Waals surface area contributed by atoms with Gasteiger partial charge in [-0.25, -0.2) is 13.2 Å². The predicted molar refractivity (Wildman–Crippen MR) is 130 cm³/mol. The smallest absolute Gasteiger partial charge is 0.475 e. The molecule has 3 rings (SSSR count). The minimum absolute atomic E-state index is 0.0340. The van der Waals surface area contributed by atoms with E-state index in [-0.39, 0.29) is 16.2 Å². The minimum atomic E-state index is -5.08. The number of carbonyl (C=O) groups excluding carboxylic acids is 1. The first-order valence-corrected chi connectivity index (χ1v) is 12.8. The van der Waals surface area contributed by atoms with Crippen LogP contribution in [-0.2, 0) is 30.4 Å². The standard InChI is InChI=1S/C23H30N2O3S.C2HF3O2/c1-5-16-24-21(26)23(14-15-23)18-6-10-19(11-7-18)25-29(27,28)20-12-8-17(9-13-20)22(2,3)4;3-2(4,5)1(6)7/h6-13,25H,5,14-16H2,1-4H3,(H,24,26);(H,6,7). The van der Waals surface area contributed by atoms with Crippen LogP contribution in [0.4, 0.5) is 18.9 Å². The van der Waals surface area contributed by atoms with Crippen molar-refractivity contribution < 1.29 is 36.3 Å². The van der Waals surface area contributed by atoms with Crippen LogP contribution >= 0.6 is 0 Å². The van der Waals surface area contributed by atoms with Crippen molar-refractivity contribution in [2.75, 3.05) is 11.3 Å². The number of anilines is 1. The summed E-state index contributed by atoms with van der Waals surface area (Å²) in [4.78, 5) is 21.6. The molecule has 0 atom stereocenters. The lowest BCUT2D eigenvalue weighted by Crippen LogP contribution is -2.35. The molecule has 1 fully saturated rings. The summed E-state index contributed by atoms with van der Waals surface area (Å²) in [7, 11) is -3.67. The van der Waals surface area contributed by atoms with E-state index in [1.54, 1.807) is 24.3 Å². The number of halogens is 3. The van der Waals surface area contributed by atoms with Crippen molar-refractivity contribution in [2.45, 2.75) is 68.9 Å². The first-order chi connectivity index (χ1) is 16.5. The third kappa shape index (κ3) is 7.46. The first kappa shape index (κ1) is 29.2. The Morgan fingerprint density at radius 1 is 0.972 bits per heavy atom. The average Bonchev–Trinajstić information content (AvgIpc) is 3.59. The highest BCUT2D eigenvalue weighted by atomic mass is 32.2. The summed E-state index contributed by atoms with van der Waals surface area (Å²) in [5.41, 5.74) is 2.02. The van der Waals surface area contributed by atoms with E-state index < -0.39 is 27.6 Å². The lowest BCUT2D eigenvalue weighted by molar-refractivity contribution is -0.192. The zero-order valence-electron chi connectivity index (χ0n) is 20.6. The number of hydrogen-bond donors (Lipinski definition) is 3. The maximum atomic E-state index is 12.7. The van der Waals surface area contributed by atoms with Crippen molar-refractivity contribution in [2.24, 2.45) is 0 Å². The maximum Gasteiger partial charge on any atom is 0.490 e. The summed E-state index contributed by atoms with van der Waals surface area (Å²) < 4.78 is 59.8. The zero-order valence-corrected chi connectivity index (χ0v) is 21.4. The van der Waals surface area contributed by atoms with Crippen LogP contribution < -0.4 is 10.0 Å². The fraction of sp³-hybridized carbons (Fsp3) is 0.440. The van der Waals surface area contributed by atoms with Crippen LogP contribution in [0, 0.1) is 0 Å². The van der Waals surface area contributed by atoms with Gasteiger partial charge in [-0.1, -0.05) is 52.0 Å². The van der Waals surface area contributed by atoms with E-state index in [1.165, 1.54) is 0 Å². The summed E-state index contributed by atoms with van der Waals surface area (Å²) in [5, 5.41) is 10.1. The number of benzene rings is 2. The van der Waals surface area contributed by atoms with Crippen LogP contribution in [0.5, 0.6) is 0 Å². The summed E-state index contributed by atoms with van der Waals surface area (Å²) in [6, 6.07) is 14.1. The fourth-order valence-electron chi connectivity index (χ4n) is 3.39. The topological polar surface area (TPSA) is 113 Å². The normalized spacial score (nSPS) is 14.8. The Hall–Kier alpha value is -3.08. The molecule has 11 heteroatoms. The van der Waals surface area contributed by atoms with Gasteiger partial charge in [-0.3, -0.25) is 9.52 Å². The van der Waals surface area contributed by atoms with Gasteiger partial charge < -0.3 is 10.4 Å². The van der Waals surface area contributed by atoms with Crippen molar-refractivity contribution in [3.8, 4) is 0 Å². The molecular formula is C25H31F3N2O5S. The van der Waals surface area contributed by atoms with Crippen LogP contribution in [0.25, 0.3) is 0 Å². The molecule has 0 aromatic heterocycles. The van der Waals surface area contributed by atoms with Gasteiger partial charge in [-0.15, -0.1) is 0 Å². The number of carbonyl (C=O) groups is 2. The van der Waals surface area contributed by atoms with Gasteiger partial charge in [0.25, 0.3) is 10.0 Å². The molecule has 1 aliphatic carbocycles. The molecule has 1 saturated carbocycles. The lowest BCUT2D eigenvalue weighted by Gasteiger charge is -2.19. The van der Waals surface area contributed by atoms with Crippen LogP contribution in [0.3, 0.4) is 0 Å². The molecule has 0 saturated heterocycles. The minimum Gasteiger partial charge on any atom is -0.475 e. The maximum absolute atomic E-state index is 12.7. The van der Waals surface area contributed by atoms with Crippen molar-refractivity contribution in [3.63, 3.8) is 0 Å². The van der Waals surface area contributed by atoms with Gasteiger partial charge in [0, 0.05) is 12.2 Å². The molecule has 36 heavy (non-hydrogen) atoms. The van der Waals surface area contributed by atoms with E-state index in [4.69, 9.17) is 9.90 Å². The summed E-state index contributed by atoms with van der Waals surface area (Å²) >= 11 is 0. The van der Waals surface area contributed by atoms with E-state index in [1.807, 2.05) is 31.2 Å². The summed E-state index contributed by atoms with van der Waals surface area (Å²) in [6.07, 6.45) is -2.53. The van der Waals surface area contributed by atoms with Crippen molar-refractivity contribution in [1.29, 1.82) is 0 Å². The number of sulfonamides is 1. The third-order valence-corrected chi connectivity index (χ3v) is 7.08. The number of carboxylic acids is 1. The molecule has 0 spiro atoms. The summed E-state index contributed by atoms with van der Waals surface area (Å²) in [5.74, 6) is -2.70. The number of alkyl halides is 3. The monoisotopic (exact) mass is 528 g/mol. The van der Waals surface area contributed by atoms with E-state index in [0.717, 1.165) is 30.4 Å². The van der Waals surface area contributed by atoms with Gasteiger partial charge in [-0.05, 0) is 60.1 Å². The van der Waals surface area contributed by atoms with Gasteiger partial charge in [0.05, 0.1) is 10.3 Å². The molecule has 1 aliphatic rings. The van der Waals surface area contributed by atoms with E-state index in [2.05, 4.69) is 30.8 Å². The number of nitrogens with one attached hydrogen (secondary N) is 2. The highest BCUT2D eigenvalue weighted by molar-refractivity contribution is 7.92. The highest BCUT2D eigenvalue weighted by Gasteiger charge is 2.51. The molecule has 2 aromatic rings. The Bertz CT molecular complexity index is 1170. The lowest BCUT2D eigenvalue weighted by atomic mass is 9.87. The molecule has 0 unspecified atom stereocenters. The van der Waals surface area contributed by atoms with Gasteiger partial charge >= 0.3 is 12.1 Å². The second kappa shape index (κ2) is 10.9. The molecule has 0 radical (unpaired) electrons. The van der Waals surface area contributed by atoms with E-state index in [0.29, 0.717) is 12.2 Å². The Morgan fingerprint density at radius 3 is 1.86 bits per heavy atom. The molecule has 0 aliphatic heterocycles. The molecule has 3 N–H and O–H groups in total. The second-order valence-electron chi connectivity index (χ2n) is 9.60. The fourth-order valence-corrected chi connectivity index (χ4v) is 4.44. The molecule has 2 aromatic carbocycles. The quantitative estimate of drug-likeness (QED) is 0.470. The summed E-state index contributed by atoms with van der Waals surface area (Å²) in [6.45, 7) is 8.96. The number of aliphatic carboxylic acids is 1. The number of hydrogen-bond acceptors (Lipinski definition) is 4. The van der Waals surface area contributed by atoms with Gasteiger partial charge in [0.1, 0.15) is 0 Å². The third-order valence-electron chi connectivity index (χ3n) is 5.68. The van der Waals surface area contributed by atoms with Gasteiger partial charge in [0.2, 0.25) is 5.91 Å². The Labute approximate surface area is 209 Å². The Balaban J connectivity index is 0.000000572. The van der Waals surface area contributed by atoms with Crippen molar-refractivity contribution >= 4 is 27.6 Å². The van der Waals surface area contributed by atoms with Crippen molar-refractivity contribution in [3.05, 3.63) is 59.7 Å². The Kier molecular flexibility index (Phi) is 8.82. The van der Waals surface area contributed by atoms with Gasteiger partial charge in [0.15, 0.2) is 0 Å². The van der Waals surface area contributed by atoms with Crippen molar-refractivity contribution in [1.82, 2.24) is 5.32 Å².